The number of carbonyl (C=O) groups is 2. The molecule has 1 aliphatic carbocycles. The van der Waals surface area contributed by atoms with Crippen LogP contribution in [0.2, 0.25) is 0 Å². The van der Waals surface area contributed by atoms with Crippen LogP contribution in [0.25, 0.3) is 5.57 Å². The first kappa shape index (κ1) is 23.4. The van der Waals surface area contributed by atoms with E-state index in [1.54, 1.807) is 48.5 Å². The van der Waals surface area contributed by atoms with Gasteiger partial charge < -0.3 is 10.2 Å². The molecule has 174 valence electrons. The Hall–Kier alpha value is -3.80. The van der Waals surface area contributed by atoms with E-state index in [0.717, 1.165) is 6.07 Å². The third-order valence-corrected chi connectivity index (χ3v) is 6.69. The van der Waals surface area contributed by atoms with Crippen LogP contribution < -0.4 is 0 Å². The lowest BCUT2D eigenvalue weighted by Crippen LogP contribution is -2.46. The summed E-state index contributed by atoms with van der Waals surface area (Å²) in [5.41, 5.74) is -1.86. The van der Waals surface area contributed by atoms with Crippen molar-refractivity contribution >= 4 is 17.5 Å². The third kappa shape index (κ3) is 4.00. The maximum atomic E-state index is 14.8. The second-order valence-corrected chi connectivity index (χ2v) is 9.09. The highest BCUT2D eigenvalue weighted by molar-refractivity contribution is 5.89. The lowest BCUT2D eigenvalue weighted by Gasteiger charge is -2.45. The van der Waals surface area contributed by atoms with Gasteiger partial charge in [-0.3, -0.25) is 9.59 Å². The lowest BCUT2D eigenvalue weighted by atomic mass is 9.56. The second-order valence-electron chi connectivity index (χ2n) is 9.09. The number of carboxylic acid groups (broad SMARTS) is 2. The molecule has 0 amide bonds. The van der Waals surface area contributed by atoms with Crippen LogP contribution in [0.4, 0.5) is 8.78 Å². The first-order chi connectivity index (χ1) is 16.2. The van der Waals surface area contributed by atoms with Crippen molar-refractivity contribution in [3.05, 3.63) is 113 Å². The van der Waals surface area contributed by atoms with Crippen molar-refractivity contribution in [2.45, 2.75) is 25.7 Å². The van der Waals surface area contributed by atoms with Gasteiger partial charge in [0.2, 0.25) is 0 Å². The molecule has 6 heteroatoms. The summed E-state index contributed by atoms with van der Waals surface area (Å²) in [7, 11) is 0. The molecule has 2 unspecified atom stereocenters. The molecular weight excluding hydrogens is 438 g/mol. The summed E-state index contributed by atoms with van der Waals surface area (Å²) in [5, 5.41) is 20.8. The topological polar surface area (TPSA) is 74.6 Å². The first-order valence-electron chi connectivity index (χ1n) is 10.9. The highest BCUT2D eigenvalue weighted by Crippen LogP contribution is 2.56. The van der Waals surface area contributed by atoms with E-state index >= 15 is 0 Å². The van der Waals surface area contributed by atoms with E-state index in [9.17, 15) is 28.6 Å². The average molecular weight is 462 g/mol. The number of rotatable bonds is 6. The molecule has 0 aromatic heterocycles. The zero-order chi connectivity index (χ0) is 24.5. The quantitative estimate of drug-likeness (QED) is 0.462. The van der Waals surface area contributed by atoms with Crippen LogP contribution >= 0.6 is 0 Å². The molecule has 3 aromatic rings. The van der Waals surface area contributed by atoms with E-state index < -0.39 is 40.3 Å². The predicted octanol–water partition coefficient (Wildman–Crippen LogP) is 6.14. The van der Waals surface area contributed by atoms with Crippen LogP contribution in [0.5, 0.6) is 0 Å². The molecular formula is C28H24F2O4. The van der Waals surface area contributed by atoms with Crippen molar-refractivity contribution in [1.29, 1.82) is 0 Å². The molecule has 4 nitrogen and oxygen atoms in total. The van der Waals surface area contributed by atoms with Crippen LogP contribution in [-0.4, -0.2) is 22.2 Å². The van der Waals surface area contributed by atoms with Gasteiger partial charge >= 0.3 is 11.9 Å². The summed E-state index contributed by atoms with van der Waals surface area (Å²) < 4.78 is 28.9. The summed E-state index contributed by atoms with van der Waals surface area (Å²) in [4.78, 5) is 25.5. The van der Waals surface area contributed by atoms with Crippen LogP contribution in [0, 0.1) is 22.5 Å². The Balaban J connectivity index is 2.05. The van der Waals surface area contributed by atoms with Crippen LogP contribution in [0.3, 0.4) is 0 Å². The summed E-state index contributed by atoms with van der Waals surface area (Å²) in [5.74, 6) is -5.40. The number of benzene rings is 3. The third-order valence-electron chi connectivity index (χ3n) is 6.69. The minimum Gasteiger partial charge on any atom is -0.481 e. The Bertz CT molecular complexity index is 1220. The molecule has 2 atom stereocenters. The SMILES string of the molecule is CC1(C(=O)O)CC(c2cccc(F)c2F)=CC(C(=O)O)(C(c2ccccc2)c2ccccc2)C1. The number of hydrogen-bond donors (Lipinski definition) is 2. The fraction of sp³-hybridized carbons (Fsp3) is 0.214. The Morgan fingerprint density at radius 2 is 1.38 bits per heavy atom. The van der Waals surface area contributed by atoms with E-state index in [1.807, 2.05) is 12.1 Å². The lowest BCUT2D eigenvalue weighted by molar-refractivity contribution is -0.155. The fourth-order valence-corrected chi connectivity index (χ4v) is 5.14. The van der Waals surface area contributed by atoms with Gasteiger partial charge in [0.25, 0.3) is 0 Å². The second kappa shape index (κ2) is 8.86. The first-order valence-corrected chi connectivity index (χ1v) is 10.9. The molecule has 0 bridgehead atoms. The van der Waals surface area contributed by atoms with Gasteiger partial charge in [-0.2, -0.15) is 0 Å². The predicted molar refractivity (Wildman–Crippen MR) is 124 cm³/mol. The van der Waals surface area contributed by atoms with Gasteiger partial charge in [0.05, 0.1) is 10.8 Å². The fourth-order valence-electron chi connectivity index (χ4n) is 5.14. The van der Waals surface area contributed by atoms with E-state index in [-0.39, 0.29) is 24.0 Å². The standard InChI is InChI=1S/C28H24F2O4/c1-27(25(31)32)15-20(21-13-8-14-22(29)24(21)30)16-28(17-27,26(33)34)23(18-9-4-2-5-10-18)19-11-6-3-7-12-19/h2-14,16,23H,15,17H2,1H3,(H,31,32)(H,33,34). The highest BCUT2D eigenvalue weighted by atomic mass is 19.2. The number of allylic oxidation sites excluding steroid dienone is 1. The van der Waals surface area contributed by atoms with Crippen molar-refractivity contribution in [3.63, 3.8) is 0 Å². The van der Waals surface area contributed by atoms with Gasteiger partial charge in [-0.15, -0.1) is 0 Å². The molecule has 4 rings (SSSR count). The minimum absolute atomic E-state index is 0.127. The van der Waals surface area contributed by atoms with Crippen LogP contribution in [0.15, 0.2) is 84.9 Å². The van der Waals surface area contributed by atoms with Gasteiger partial charge in [0.1, 0.15) is 0 Å². The molecule has 0 heterocycles. The van der Waals surface area contributed by atoms with Gasteiger partial charge in [0.15, 0.2) is 11.6 Å². The van der Waals surface area contributed by atoms with Crippen LogP contribution in [-0.2, 0) is 9.59 Å². The van der Waals surface area contributed by atoms with Crippen molar-refractivity contribution < 1.29 is 28.6 Å². The maximum Gasteiger partial charge on any atom is 0.314 e. The molecule has 2 N–H and O–H groups in total. The molecule has 34 heavy (non-hydrogen) atoms. The van der Waals surface area contributed by atoms with Gasteiger partial charge in [-0.05, 0) is 42.5 Å². The maximum absolute atomic E-state index is 14.8. The number of hydrogen-bond acceptors (Lipinski definition) is 2. The Labute approximate surface area is 196 Å². The monoisotopic (exact) mass is 462 g/mol. The molecule has 0 fully saturated rings. The van der Waals surface area contributed by atoms with Crippen molar-refractivity contribution in [1.82, 2.24) is 0 Å². The normalized spacial score (nSPS) is 22.3. The molecule has 0 saturated heterocycles. The molecule has 0 saturated carbocycles. The molecule has 0 radical (unpaired) electrons. The largest absolute Gasteiger partial charge is 0.481 e. The summed E-state index contributed by atoms with van der Waals surface area (Å²) in [6.07, 6.45) is 1.09. The van der Waals surface area contributed by atoms with E-state index in [0.29, 0.717) is 11.1 Å². The average Bonchev–Trinajstić information content (AvgIpc) is 2.82. The Morgan fingerprint density at radius 1 is 0.824 bits per heavy atom. The number of halogens is 2. The zero-order valence-corrected chi connectivity index (χ0v) is 18.5. The summed E-state index contributed by atoms with van der Waals surface area (Å²) in [6.45, 7) is 1.46. The Morgan fingerprint density at radius 3 is 1.88 bits per heavy atom. The van der Waals surface area contributed by atoms with Gasteiger partial charge in [-0.25, -0.2) is 8.78 Å². The zero-order valence-electron chi connectivity index (χ0n) is 18.5. The smallest absolute Gasteiger partial charge is 0.314 e. The van der Waals surface area contributed by atoms with Gasteiger partial charge in [-0.1, -0.05) is 78.9 Å². The van der Waals surface area contributed by atoms with E-state index in [2.05, 4.69) is 0 Å². The van der Waals surface area contributed by atoms with Crippen LogP contribution in [0.1, 0.15) is 42.4 Å². The Kier molecular flexibility index (Phi) is 6.09. The summed E-state index contributed by atoms with van der Waals surface area (Å²) >= 11 is 0. The number of carboxylic acids is 2. The molecule has 0 aliphatic heterocycles. The molecule has 1 aliphatic rings. The summed E-state index contributed by atoms with van der Waals surface area (Å²) in [6, 6.07) is 21.6. The van der Waals surface area contributed by atoms with Gasteiger partial charge in [0, 0.05) is 11.5 Å². The molecule has 3 aromatic carbocycles. The van der Waals surface area contributed by atoms with Crippen molar-refractivity contribution in [2.24, 2.45) is 10.8 Å². The molecule has 0 spiro atoms. The van der Waals surface area contributed by atoms with E-state index in [1.165, 1.54) is 25.1 Å². The van der Waals surface area contributed by atoms with Crippen molar-refractivity contribution in [3.8, 4) is 0 Å². The van der Waals surface area contributed by atoms with Crippen molar-refractivity contribution in [2.75, 3.05) is 0 Å². The highest BCUT2D eigenvalue weighted by Gasteiger charge is 2.55. The number of aliphatic carboxylic acids is 2. The minimum atomic E-state index is -1.73. The van der Waals surface area contributed by atoms with E-state index in [4.69, 9.17) is 0 Å².